The number of benzene rings is 2. The fourth-order valence-corrected chi connectivity index (χ4v) is 2.15. The first-order valence-corrected chi connectivity index (χ1v) is 7.25. The number of nitrogens with one attached hydrogen (secondary N) is 1. The summed E-state index contributed by atoms with van der Waals surface area (Å²) in [6, 6.07) is 13.0. The Labute approximate surface area is 122 Å². The third kappa shape index (κ3) is 3.24. The highest BCUT2D eigenvalue weighted by Gasteiger charge is 2.08. The lowest BCUT2D eigenvalue weighted by molar-refractivity contribution is 0.0601. The molecule has 0 radical (unpaired) electrons. The van der Waals surface area contributed by atoms with E-state index in [1.165, 1.54) is 12.0 Å². The molecule has 4 nitrogen and oxygen atoms in total. The van der Waals surface area contributed by atoms with Gasteiger partial charge in [-0.2, -0.15) is 0 Å². The summed E-state index contributed by atoms with van der Waals surface area (Å²) in [7, 11) is 1.35. The summed E-state index contributed by atoms with van der Waals surface area (Å²) in [5.41, 5.74) is 8.55. The van der Waals surface area contributed by atoms with Crippen molar-refractivity contribution < 1.29 is 9.53 Å². The fourth-order valence-electron chi connectivity index (χ4n) is 1.74. The van der Waals surface area contributed by atoms with Gasteiger partial charge in [0.05, 0.1) is 24.0 Å². The van der Waals surface area contributed by atoms with Gasteiger partial charge in [-0.1, -0.05) is 0 Å². The molecular formula is C15H16N2O2S. The van der Waals surface area contributed by atoms with Crippen molar-refractivity contribution in [2.45, 2.75) is 4.90 Å². The Balaban J connectivity index is 2.25. The second-order valence-electron chi connectivity index (χ2n) is 4.15. The number of ether oxygens (including phenoxy) is 1. The molecule has 3 N–H and O–H groups in total. The molecule has 0 aliphatic heterocycles. The smallest absolute Gasteiger partial charge is 0.337 e. The predicted molar refractivity (Wildman–Crippen MR) is 83.7 cm³/mol. The van der Waals surface area contributed by atoms with E-state index in [-0.39, 0.29) is 5.97 Å². The van der Waals surface area contributed by atoms with E-state index in [9.17, 15) is 4.79 Å². The van der Waals surface area contributed by atoms with E-state index >= 15 is 0 Å². The monoisotopic (exact) mass is 288 g/mol. The molecule has 0 unspecified atom stereocenters. The van der Waals surface area contributed by atoms with Gasteiger partial charge in [-0.25, -0.2) is 4.79 Å². The van der Waals surface area contributed by atoms with Crippen LogP contribution in [0, 0.1) is 0 Å². The molecule has 0 atom stereocenters. The molecular weight excluding hydrogens is 272 g/mol. The lowest BCUT2D eigenvalue weighted by Gasteiger charge is -2.11. The second-order valence-corrected chi connectivity index (χ2v) is 5.03. The van der Waals surface area contributed by atoms with Crippen LogP contribution in [0.15, 0.2) is 47.4 Å². The Bertz CT molecular complexity index is 612. The number of nitrogen functional groups attached to an aromatic ring is 1. The van der Waals surface area contributed by atoms with Crippen molar-refractivity contribution in [3.63, 3.8) is 0 Å². The van der Waals surface area contributed by atoms with Gasteiger partial charge >= 0.3 is 5.97 Å². The first-order valence-electron chi connectivity index (χ1n) is 6.03. The molecule has 0 amide bonds. The number of carbonyl (C=O) groups excluding carboxylic acids is 1. The van der Waals surface area contributed by atoms with Crippen LogP contribution in [0.25, 0.3) is 0 Å². The van der Waals surface area contributed by atoms with Crippen molar-refractivity contribution in [3.05, 3.63) is 48.0 Å². The lowest BCUT2D eigenvalue weighted by atomic mass is 10.1. The van der Waals surface area contributed by atoms with Crippen molar-refractivity contribution >= 4 is 34.8 Å². The molecule has 2 aromatic rings. The summed E-state index contributed by atoms with van der Waals surface area (Å²) in [6.45, 7) is 0. The zero-order chi connectivity index (χ0) is 14.5. The molecule has 0 aliphatic rings. The molecule has 0 spiro atoms. The maximum absolute atomic E-state index is 11.5. The van der Waals surface area contributed by atoms with Crippen LogP contribution in [0.5, 0.6) is 0 Å². The fraction of sp³-hybridized carbons (Fsp3) is 0.133. The van der Waals surface area contributed by atoms with Crippen molar-refractivity contribution in [2.75, 3.05) is 24.4 Å². The van der Waals surface area contributed by atoms with Crippen LogP contribution in [0.2, 0.25) is 0 Å². The quantitative estimate of drug-likeness (QED) is 0.512. The standard InChI is InChI=1S/C15H16N2O2S/c1-19-15(18)10-3-8-13(16)14(9-10)17-11-4-6-12(20-2)7-5-11/h3-9,17H,16H2,1-2H3. The summed E-state index contributed by atoms with van der Waals surface area (Å²) < 4.78 is 4.70. The molecule has 20 heavy (non-hydrogen) atoms. The minimum absolute atomic E-state index is 0.384. The van der Waals surface area contributed by atoms with Crippen molar-refractivity contribution in [1.82, 2.24) is 0 Å². The van der Waals surface area contributed by atoms with Gasteiger partial charge < -0.3 is 15.8 Å². The molecule has 104 valence electrons. The van der Waals surface area contributed by atoms with Gasteiger partial charge in [0, 0.05) is 10.6 Å². The van der Waals surface area contributed by atoms with Gasteiger partial charge in [0.15, 0.2) is 0 Å². The van der Waals surface area contributed by atoms with Crippen LogP contribution in [-0.4, -0.2) is 19.3 Å². The molecule has 5 heteroatoms. The van der Waals surface area contributed by atoms with Gasteiger partial charge in [0.2, 0.25) is 0 Å². The third-order valence-corrected chi connectivity index (χ3v) is 3.59. The van der Waals surface area contributed by atoms with Crippen molar-refractivity contribution in [1.29, 1.82) is 0 Å². The number of methoxy groups -OCH3 is 1. The average Bonchev–Trinajstić information content (AvgIpc) is 2.49. The van der Waals surface area contributed by atoms with Crippen LogP contribution < -0.4 is 11.1 Å². The SMILES string of the molecule is COC(=O)c1ccc(N)c(Nc2ccc(SC)cc2)c1. The maximum Gasteiger partial charge on any atom is 0.337 e. The number of carbonyl (C=O) groups is 1. The first-order chi connectivity index (χ1) is 9.63. The highest BCUT2D eigenvalue weighted by atomic mass is 32.2. The second kappa shape index (κ2) is 6.34. The number of nitrogens with two attached hydrogens (primary N) is 1. The number of esters is 1. The number of anilines is 3. The Morgan fingerprint density at radius 3 is 2.50 bits per heavy atom. The van der Waals surface area contributed by atoms with E-state index in [2.05, 4.69) is 5.32 Å². The lowest BCUT2D eigenvalue weighted by Crippen LogP contribution is -2.04. The van der Waals surface area contributed by atoms with Gasteiger partial charge in [0.25, 0.3) is 0 Å². The molecule has 0 bridgehead atoms. The molecule has 2 aromatic carbocycles. The van der Waals surface area contributed by atoms with Crippen molar-refractivity contribution in [2.24, 2.45) is 0 Å². The summed E-state index contributed by atoms with van der Waals surface area (Å²) in [5.74, 6) is -0.384. The normalized spacial score (nSPS) is 10.1. The van der Waals surface area contributed by atoms with Crippen LogP contribution >= 0.6 is 11.8 Å². The Morgan fingerprint density at radius 2 is 1.90 bits per heavy atom. The summed E-state index contributed by atoms with van der Waals surface area (Å²) >= 11 is 1.68. The predicted octanol–water partition coefficient (Wildman–Crippen LogP) is 3.52. The van der Waals surface area contributed by atoms with Crippen LogP contribution in [0.4, 0.5) is 17.1 Å². The average molecular weight is 288 g/mol. The van der Waals surface area contributed by atoms with E-state index in [4.69, 9.17) is 10.5 Å². The zero-order valence-electron chi connectivity index (χ0n) is 11.3. The summed E-state index contributed by atoms with van der Waals surface area (Å²) in [6.07, 6.45) is 2.03. The van der Waals surface area contributed by atoms with Crippen molar-refractivity contribution in [3.8, 4) is 0 Å². The van der Waals surface area contributed by atoms with Crippen LogP contribution in [-0.2, 0) is 4.74 Å². The molecule has 0 aromatic heterocycles. The number of rotatable bonds is 4. The number of hydrogen-bond acceptors (Lipinski definition) is 5. The highest BCUT2D eigenvalue weighted by Crippen LogP contribution is 2.26. The number of hydrogen-bond donors (Lipinski definition) is 2. The molecule has 0 saturated heterocycles. The Kier molecular flexibility index (Phi) is 4.53. The van der Waals surface area contributed by atoms with Gasteiger partial charge in [-0.3, -0.25) is 0 Å². The minimum atomic E-state index is -0.384. The van der Waals surface area contributed by atoms with Gasteiger partial charge in [-0.15, -0.1) is 11.8 Å². The van der Waals surface area contributed by atoms with E-state index in [0.29, 0.717) is 16.9 Å². The molecule has 0 heterocycles. The van der Waals surface area contributed by atoms with Crippen LogP contribution in [0.3, 0.4) is 0 Å². The molecule has 0 saturated carbocycles. The zero-order valence-corrected chi connectivity index (χ0v) is 12.2. The molecule has 0 fully saturated rings. The third-order valence-electron chi connectivity index (χ3n) is 2.84. The maximum atomic E-state index is 11.5. The summed E-state index contributed by atoms with van der Waals surface area (Å²) in [5, 5.41) is 3.20. The molecule has 2 rings (SSSR count). The Morgan fingerprint density at radius 1 is 1.20 bits per heavy atom. The molecule has 0 aliphatic carbocycles. The largest absolute Gasteiger partial charge is 0.465 e. The summed E-state index contributed by atoms with van der Waals surface area (Å²) in [4.78, 5) is 12.7. The Hall–Kier alpha value is -2.14. The van der Waals surface area contributed by atoms with Gasteiger partial charge in [-0.05, 0) is 48.7 Å². The van der Waals surface area contributed by atoms with Crippen LogP contribution in [0.1, 0.15) is 10.4 Å². The van der Waals surface area contributed by atoms with E-state index in [1.807, 2.05) is 30.5 Å². The van der Waals surface area contributed by atoms with E-state index in [0.717, 1.165) is 5.69 Å². The van der Waals surface area contributed by atoms with E-state index < -0.39 is 0 Å². The minimum Gasteiger partial charge on any atom is -0.465 e. The first kappa shape index (κ1) is 14.3. The highest BCUT2D eigenvalue weighted by molar-refractivity contribution is 7.98. The number of thioether (sulfide) groups is 1. The van der Waals surface area contributed by atoms with Gasteiger partial charge in [0.1, 0.15) is 0 Å². The van der Waals surface area contributed by atoms with E-state index in [1.54, 1.807) is 30.0 Å². The topological polar surface area (TPSA) is 64.3 Å².